The summed E-state index contributed by atoms with van der Waals surface area (Å²) in [6.45, 7) is 4.78. The molecule has 3 rings (SSSR count). The van der Waals surface area contributed by atoms with E-state index >= 15 is 0 Å². The van der Waals surface area contributed by atoms with E-state index in [1.165, 1.54) is 11.1 Å². The van der Waals surface area contributed by atoms with Crippen LogP contribution in [0, 0.1) is 13.8 Å². The summed E-state index contributed by atoms with van der Waals surface area (Å²) in [5.41, 5.74) is 5.63. The van der Waals surface area contributed by atoms with E-state index in [9.17, 15) is 5.11 Å². The van der Waals surface area contributed by atoms with Crippen molar-refractivity contribution in [2.45, 2.75) is 20.4 Å². The lowest BCUT2D eigenvalue weighted by atomic mass is 10.1. The number of aliphatic hydroxyl groups is 1. The van der Waals surface area contributed by atoms with Crippen molar-refractivity contribution in [2.75, 3.05) is 6.61 Å². The van der Waals surface area contributed by atoms with Gasteiger partial charge in [0.05, 0.1) is 18.0 Å². The Hall–Kier alpha value is -2.17. The third-order valence-corrected chi connectivity index (χ3v) is 4.59. The van der Waals surface area contributed by atoms with Gasteiger partial charge in [0.1, 0.15) is 0 Å². The first-order valence-corrected chi connectivity index (χ1v) is 8.53. The van der Waals surface area contributed by atoms with Gasteiger partial charge in [0.15, 0.2) is 4.80 Å². The first-order valence-electron chi connectivity index (χ1n) is 7.65. The molecular weight excluding hydrogens is 304 g/mol. The molecule has 0 aliphatic rings. The third-order valence-electron chi connectivity index (χ3n) is 3.73. The number of aryl methyl sites for hydroxylation is 2. The standard InChI is InChI=1S/C19H20N2OS/c1-14-3-7-16(8-4-14)18-13-23-19(21(18)11-12-22)20-17-9-5-15(2)6-10-17/h3-10,13,22H,11-12H2,1-2H3. The fourth-order valence-corrected chi connectivity index (χ4v) is 3.37. The van der Waals surface area contributed by atoms with Crippen molar-refractivity contribution in [3.05, 3.63) is 69.8 Å². The van der Waals surface area contributed by atoms with E-state index in [0.717, 1.165) is 21.7 Å². The Morgan fingerprint density at radius 1 is 0.957 bits per heavy atom. The van der Waals surface area contributed by atoms with Crippen molar-refractivity contribution in [1.82, 2.24) is 4.57 Å². The maximum absolute atomic E-state index is 9.42. The lowest BCUT2D eigenvalue weighted by Gasteiger charge is -2.07. The summed E-state index contributed by atoms with van der Waals surface area (Å²) in [6.07, 6.45) is 0. The van der Waals surface area contributed by atoms with Crippen LogP contribution in [0.5, 0.6) is 0 Å². The Bertz CT molecular complexity index is 842. The zero-order valence-corrected chi connectivity index (χ0v) is 14.2. The third kappa shape index (κ3) is 3.60. The minimum Gasteiger partial charge on any atom is -0.395 e. The van der Waals surface area contributed by atoms with Gasteiger partial charge < -0.3 is 9.67 Å². The number of thiazole rings is 1. The first kappa shape index (κ1) is 15.7. The summed E-state index contributed by atoms with van der Waals surface area (Å²) in [7, 11) is 0. The van der Waals surface area contributed by atoms with Gasteiger partial charge in [-0.3, -0.25) is 0 Å². The van der Waals surface area contributed by atoms with Gasteiger partial charge in [-0.15, -0.1) is 11.3 Å². The van der Waals surface area contributed by atoms with Crippen LogP contribution in [0.25, 0.3) is 11.3 Å². The predicted molar refractivity (Wildman–Crippen MR) is 96.0 cm³/mol. The highest BCUT2D eigenvalue weighted by Gasteiger charge is 2.07. The summed E-state index contributed by atoms with van der Waals surface area (Å²) < 4.78 is 2.08. The molecule has 3 aromatic rings. The summed E-state index contributed by atoms with van der Waals surface area (Å²) in [5, 5.41) is 11.5. The highest BCUT2D eigenvalue weighted by atomic mass is 32.1. The van der Waals surface area contributed by atoms with Crippen LogP contribution in [0.2, 0.25) is 0 Å². The molecular formula is C19H20N2OS. The van der Waals surface area contributed by atoms with E-state index in [2.05, 4.69) is 60.2 Å². The van der Waals surface area contributed by atoms with E-state index in [-0.39, 0.29) is 6.61 Å². The molecule has 0 amide bonds. The molecule has 0 saturated carbocycles. The van der Waals surface area contributed by atoms with E-state index < -0.39 is 0 Å². The SMILES string of the molecule is Cc1ccc(N=c2scc(-c3ccc(C)cc3)n2CCO)cc1. The molecule has 1 heterocycles. The van der Waals surface area contributed by atoms with Crippen molar-refractivity contribution in [1.29, 1.82) is 0 Å². The zero-order chi connectivity index (χ0) is 16.2. The monoisotopic (exact) mass is 324 g/mol. The van der Waals surface area contributed by atoms with Crippen molar-refractivity contribution in [3.8, 4) is 11.3 Å². The number of hydrogen-bond acceptors (Lipinski definition) is 3. The zero-order valence-electron chi connectivity index (χ0n) is 13.4. The highest BCUT2D eigenvalue weighted by molar-refractivity contribution is 7.07. The van der Waals surface area contributed by atoms with Gasteiger partial charge in [0.25, 0.3) is 0 Å². The smallest absolute Gasteiger partial charge is 0.190 e. The molecule has 118 valence electrons. The molecule has 1 N–H and O–H groups in total. The van der Waals surface area contributed by atoms with Crippen LogP contribution in [-0.4, -0.2) is 16.3 Å². The molecule has 1 aromatic heterocycles. The molecule has 0 fully saturated rings. The summed E-state index contributed by atoms with van der Waals surface area (Å²) in [6, 6.07) is 16.6. The van der Waals surface area contributed by atoms with Crippen molar-refractivity contribution < 1.29 is 5.11 Å². The van der Waals surface area contributed by atoms with Gasteiger partial charge in [-0.25, -0.2) is 4.99 Å². The van der Waals surface area contributed by atoms with Gasteiger partial charge in [-0.2, -0.15) is 0 Å². The Balaban J connectivity index is 2.08. The number of aliphatic hydroxyl groups excluding tert-OH is 1. The fraction of sp³-hybridized carbons (Fsp3) is 0.211. The van der Waals surface area contributed by atoms with Crippen LogP contribution < -0.4 is 4.80 Å². The lowest BCUT2D eigenvalue weighted by Crippen LogP contribution is -2.17. The number of benzene rings is 2. The van der Waals surface area contributed by atoms with Crippen molar-refractivity contribution in [2.24, 2.45) is 4.99 Å². The summed E-state index contributed by atoms with van der Waals surface area (Å²) in [4.78, 5) is 5.64. The first-order chi connectivity index (χ1) is 11.2. The molecule has 0 radical (unpaired) electrons. The minimum atomic E-state index is 0.0939. The number of nitrogens with zero attached hydrogens (tertiary/aromatic N) is 2. The van der Waals surface area contributed by atoms with Crippen LogP contribution in [0.1, 0.15) is 11.1 Å². The average molecular weight is 324 g/mol. The van der Waals surface area contributed by atoms with Gasteiger partial charge in [0.2, 0.25) is 0 Å². The molecule has 0 saturated heterocycles. The second-order valence-corrected chi connectivity index (χ2v) is 6.43. The minimum absolute atomic E-state index is 0.0939. The van der Waals surface area contributed by atoms with Crippen LogP contribution >= 0.6 is 11.3 Å². The molecule has 0 atom stereocenters. The summed E-state index contributed by atoms with van der Waals surface area (Å²) in [5.74, 6) is 0. The quantitative estimate of drug-likeness (QED) is 0.772. The molecule has 4 heteroatoms. The Kier molecular flexibility index (Phi) is 4.74. The number of hydrogen-bond donors (Lipinski definition) is 1. The Labute approximate surface area is 140 Å². The number of aromatic nitrogens is 1. The van der Waals surface area contributed by atoms with Gasteiger partial charge in [-0.1, -0.05) is 47.5 Å². The van der Waals surface area contributed by atoms with Crippen LogP contribution in [0.15, 0.2) is 58.9 Å². The second kappa shape index (κ2) is 6.94. The topological polar surface area (TPSA) is 37.5 Å². The normalized spacial score (nSPS) is 11.9. The molecule has 23 heavy (non-hydrogen) atoms. The lowest BCUT2D eigenvalue weighted by molar-refractivity contribution is 0.275. The summed E-state index contributed by atoms with van der Waals surface area (Å²) >= 11 is 1.60. The van der Waals surface area contributed by atoms with Crippen LogP contribution in [-0.2, 0) is 6.54 Å². The van der Waals surface area contributed by atoms with Gasteiger partial charge in [-0.05, 0) is 31.5 Å². The average Bonchev–Trinajstić information content (AvgIpc) is 2.94. The maximum Gasteiger partial charge on any atom is 0.190 e. The molecule has 0 spiro atoms. The molecule has 0 unspecified atom stereocenters. The highest BCUT2D eigenvalue weighted by Crippen LogP contribution is 2.21. The molecule has 0 aliphatic heterocycles. The van der Waals surface area contributed by atoms with E-state index in [1.807, 2.05) is 12.1 Å². The molecule has 0 aliphatic carbocycles. The molecule has 0 bridgehead atoms. The van der Waals surface area contributed by atoms with E-state index in [1.54, 1.807) is 11.3 Å². The predicted octanol–water partition coefficient (Wildman–Crippen LogP) is 4.06. The fourth-order valence-electron chi connectivity index (χ4n) is 2.42. The molecule has 2 aromatic carbocycles. The van der Waals surface area contributed by atoms with Crippen molar-refractivity contribution >= 4 is 17.0 Å². The van der Waals surface area contributed by atoms with Gasteiger partial charge >= 0.3 is 0 Å². The second-order valence-electron chi connectivity index (χ2n) is 5.59. The van der Waals surface area contributed by atoms with E-state index in [0.29, 0.717) is 6.54 Å². The largest absolute Gasteiger partial charge is 0.395 e. The van der Waals surface area contributed by atoms with Crippen molar-refractivity contribution in [3.63, 3.8) is 0 Å². The molecule has 3 nitrogen and oxygen atoms in total. The Morgan fingerprint density at radius 2 is 1.57 bits per heavy atom. The van der Waals surface area contributed by atoms with Gasteiger partial charge in [0, 0.05) is 11.9 Å². The van der Waals surface area contributed by atoms with E-state index in [4.69, 9.17) is 4.99 Å². The number of rotatable bonds is 4. The Morgan fingerprint density at radius 3 is 2.17 bits per heavy atom. The van der Waals surface area contributed by atoms with Crippen LogP contribution in [0.3, 0.4) is 0 Å². The maximum atomic E-state index is 9.42. The van der Waals surface area contributed by atoms with Crippen LogP contribution in [0.4, 0.5) is 5.69 Å².